The number of aromatic nitrogens is 1. The summed E-state index contributed by atoms with van der Waals surface area (Å²) in [4.78, 5) is 4.09. The van der Waals surface area contributed by atoms with Gasteiger partial charge in [-0.05, 0) is 37.1 Å². The van der Waals surface area contributed by atoms with E-state index in [1.54, 1.807) is 12.4 Å². The molecule has 0 saturated heterocycles. The minimum Gasteiger partial charge on any atom is -0.340 e. The molecule has 2 rings (SSSR count). The van der Waals surface area contributed by atoms with Gasteiger partial charge in [0.1, 0.15) is 5.84 Å². The van der Waals surface area contributed by atoms with Crippen LogP contribution in [0, 0.1) is 12.3 Å². The molecule has 3 heteroatoms. The predicted molar refractivity (Wildman–Crippen MR) is 75.2 cm³/mol. The molecule has 0 spiro atoms. The van der Waals surface area contributed by atoms with Crippen LogP contribution < -0.4 is 5.32 Å². The molecule has 1 heterocycles. The van der Waals surface area contributed by atoms with Crippen LogP contribution in [0.1, 0.15) is 23.6 Å². The average molecular weight is 239 g/mol. The van der Waals surface area contributed by atoms with Crippen molar-refractivity contribution in [3.8, 4) is 0 Å². The van der Waals surface area contributed by atoms with Crippen molar-refractivity contribution in [2.45, 2.75) is 20.3 Å². The van der Waals surface area contributed by atoms with Gasteiger partial charge in [0.05, 0.1) is 0 Å². The third kappa shape index (κ3) is 2.74. The van der Waals surface area contributed by atoms with Crippen LogP contribution in [0.15, 0.2) is 42.7 Å². The summed E-state index contributed by atoms with van der Waals surface area (Å²) >= 11 is 0. The van der Waals surface area contributed by atoms with Crippen LogP contribution >= 0.6 is 0 Å². The summed E-state index contributed by atoms with van der Waals surface area (Å²) in [5, 5.41) is 11.2. The second-order valence-corrected chi connectivity index (χ2v) is 4.25. The van der Waals surface area contributed by atoms with E-state index in [2.05, 4.69) is 17.2 Å². The number of aryl methyl sites for hydroxylation is 2. The van der Waals surface area contributed by atoms with Crippen LogP contribution in [0.2, 0.25) is 0 Å². The number of hydrogen-bond donors (Lipinski definition) is 2. The van der Waals surface area contributed by atoms with Crippen LogP contribution in [0.4, 0.5) is 5.69 Å². The lowest BCUT2D eigenvalue weighted by molar-refractivity contribution is 1.11. The zero-order chi connectivity index (χ0) is 13.0. The summed E-state index contributed by atoms with van der Waals surface area (Å²) in [6.45, 7) is 4.13. The monoisotopic (exact) mass is 239 g/mol. The highest BCUT2D eigenvalue weighted by molar-refractivity contribution is 6.06. The van der Waals surface area contributed by atoms with E-state index in [1.165, 1.54) is 5.56 Å². The fraction of sp³-hybridized carbons (Fsp3) is 0.200. The van der Waals surface area contributed by atoms with Crippen LogP contribution in [-0.4, -0.2) is 10.8 Å². The van der Waals surface area contributed by atoms with Gasteiger partial charge in [-0.25, -0.2) is 0 Å². The van der Waals surface area contributed by atoms with Crippen molar-refractivity contribution in [3.05, 3.63) is 59.4 Å². The van der Waals surface area contributed by atoms with Crippen molar-refractivity contribution in [1.82, 2.24) is 4.98 Å². The number of pyridine rings is 1. The van der Waals surface area contributed by atoms with Crippen molar-refractivity contribution < 1.29 is 0 Å². The molecule has 92 valence electrons. The van der Waals surface area contributed by atoms with Crippen molar-refractivity contribution in [1.29, 1.82) is 5.41 Å². The van der Waals surface area contributed by atoms with E-state index in [4.69, 9.17) is 5.41 Å². The number of anilines is 1. The summed E-state index contributed by atoms with van der Waals surface area (Å²) in [6, 6.07) is 9.97. The zero-order valence-electron chi connectivity index (χ0n) is 10.7. The van der Waals surface area contributed by atoms with Crippen molar-refractivity contribution in [3.63, 3.8) is 0 Å². The first-order valence-electron chi connectivity index (χ1n) is 6.06. The second-order valence-electron chi connectivity index (χ2n) is 4.25. The number of nitrogens with zero attached hydrogens (tertiary/aromatic N) is 1. The fourth-order valence-electron chi connectivity index (χ4n) is 1.81. The molecule has 0 unspecified atom stereocenters. The molecule has 0 aliphatic carbocycles. The summed E-state index contributed by atoms with van der Waals surface area (Å²) in [5.74, 6) is 0.392. The molecule has 0 aliphatic heterocycles. The highest BCUT2D eigenvalue weighted by Gasteiger charge is 2.06. The van der Waals surface area contributed by atoms with Gasteiger partial charge >= 0.3 is 0 Å². The highest BCUT2D eigenvalue weighted by Crippen LogP contribution is 2.13. The number of nitrogens with one attached hydrogen (secondary N) is 2. The maximum atomic E-state index is 8.11. The van der Waals surface area contributed by atoms with E-state index in [-0.39, 0.29) is 0 Å². The van der Waals surface area contributed by atoms with Crippen LogP contribution in [0.5, 0.6) is 0 Å². The molecule has 0 saturated carbocycles. The topological polar surface area (TPSA) is 48.8 Å². The van der Waals surface area contributed by atoms with E-state index in [9.17, 15) is 0 Å². The zero-order valence-corrected chi connectivity index (χ0v) is 10.7. The Morgan fingerprint density at radius 3 is 2.61 bits per heavy atom. The van der Waals surface area contributed by atoms with Crippen LogP contribution in [-0.2, 0) is 6.42 Å². The van der Waals surface area contributed by atoms with Gasteiger partial charge in [-0.3, -0.25) is 10.4 Å². The molecule has 3 nitrogen and oxygen atoms in total. The number of benzene rings is 1. The van der Waals surface area contributed by atoms with E-state index < -0.39 is 0 Å². The molecule has 0 atom stereocenters. The largest absolute Gasteiger partial charge is 0.340 e. The van der Waals surface area contributed by atoms with Gasteiger partial charge in [0.25, 0.3) is 0 Å². The van der Waals surface area contributed by atoms with Crippen LogP contribution in [0.25, 0.3) is 0 Å². The van der Waals surface area contributed by atoms with Crippen molar-refractivity contribution >= 4 is 11.5 Å². The van der Waals surface area contributed by atoms with E-state index in [1.807, 2.05) is 37.3 Å². The smallest absolute Gasteiger partial charge is 0.131 e. The Balaban J connectivity index is 2.19. The molecule has 2 aromatic rings. The summed E-state index contributed by atoms with van der Waals surface area (Å²) in [7, 11) is 0. The van der Waals surface area contributed by atoms with E-state index >= 15 is 0 Å². The molecule has 0 bridgehead atoms. The van der Waals surface area contributed by atoms with Gasteiger partial charge in [0, 0.05) is 23.6 Å². The predicted octanol–water partition coefficient (Wildman–Crippen LogP) is 3.39. The van der Waals surface area contributed by atoms with Crippen molar-refractivity contribution in [2.24, 2.45) is 0 Å². The standard InChI is InChI=1S/C15H17N3/c1-3-12-8-9-17-10-14(12)15(16)18-13-6-4-11(2)5-7-13/h4-10H,3H2,1-2H3,(H2,16,18). The van der Waals surface area contributed by atoms with Gasteiger partial charge in [-0.1, -0.05) is 24.6 Å². The van der Waals surface area contributed by atoms with E-state index in [0.717, 1.165) is 23.2 Å². The second kappa shape index (κ2) is 5.45. The highest BCUT2D eigenvalue weighted by atomic mass is 14.9. The van der Waals surface area contributed by atoms with Crippen LogP contribution in [0.3, 0.4) is 0 Å². The lowest BCUT2D eigenvalue weighted by Gasteiger charge is -2.11. The number of hydrogen-bond acceptors (Lipinski definition) is 2. The van der Waals surface area contributed by atoms with Gasteiger partial charge in [0.15, 0.2) is 0 Å². The van der Waals surface area contributed by atoms with Crippen molar-refractivity contribution in [2.75, 3.05) is 5.32 Å². The molecule has 0 radical (unpaired) electrons. The maximum absolute atomic E-state index is 8.11. The summed E-state index contributed by atoms with van der Waals surface area (Å²) < 4.78 is 0. The fourth-order valence-corrected chi connectivity index (χ4v) is 1.81. The Hall–Kier alpha value is -2.16. The lowest BCUT2D eigenvalue weighted by atomic mass is 10.1. The quantitative estimate of drug-likeness (QED) is 0.637. The molecular weight excluding hydrogens is 222 g/mol. The molecule has 0 aliphatic rings. The SMILES string of the molecule is CCc1ccncc1C(=N)Nc1ccc(C)cc1. The first kappa shape index (κ1) is 12.3. The minimum atomic E-state index is 0.392. The summed E-state index contributed by atoms with van der Waals surface area (Å²) in [5.41, 5.74) is 4.13. The molecule has 0 amide bonds. The third-order valence-corrected chi connectivity index (χ3v) is 2.88. The normalized spacial score (nSPS) is 10.1. The molecule has 1 aromatic carbocycles. The Bertz CT molecular complexity index is 544. The number of rotatable bonds is 3. The summed E-state index contributed by atoms with van der Waals surface area (Å²) in [6.07, 6.45) is 4.40. The Morgan fingerprint density at radius 2 is 1.94 bits per heavy atom. The Labute approximate surface area is 107 Å². The van der Waals surface area contributed by atoms with Gasteiger partial charge in [0.2, 0.25) is 0 Å². The van der Waals surface area contributed by atoms with Gasteiger partial charge < -0.3 is 5.32 Å². The maximum Gasteiger partial charge on any atom is 0.131 e. The minimum absolute atomic E-state index is 0.392. The molecule has 18 heavy (non-hydrogen) atoms. The Morgan fingerprint density at radius 1 is 1.22 bits per heavy atom. The molecule has 0 fully saturated rings. The average Bonchev–Trinajstić information content (AvgIpc) is 2.41. The first-order chi connectivity index (χ1) is 8.70. The lowest BCUT2D eigenvalue weighted by Crippen LogP contribution is -2.14. The molecule has 2 N–H and O–H groups in total. The van der Waals surface area contributed by atoms with Gasteiger partial charge in [-0.2, -0.15) is 0 Å². The first-order valence-corrected chi connectivity index (χ1v) is 6.06. The van der Waals surface area contributed by atoms with E-state index in [0.29, 0.717) is 5.84 Å². The molecular formula is C15H17N3. The number of amidine groups is 1. The van der Waals surface area contributed by atoms with Gasteiger partial charge in [-0.15, -0.1) is 0 Å². The Kier molecular flexibility index (Phi) is 3.72. The third-order valence-electron chi connectivity index (χ3n) is 2.88. The molecule has 1 aromatic heterocycles.